The second kappa shape index (κ2) is 6.61. The molecule has 5 heteroatoms. The van der Waals surface area contributed by atoms with Gasteiger partial charge in [0.2, 0.25) is 5.91 Å². The first-order valence-electron chi connectivity index (χ1n) is 6.82. The Morgan fingerprint density at radius 2 is 1.80 bits per heavy atom. The number of amides is 1. The number of piperidine rings is 1. The fourth-order valence-corrected chi connectivity index (χ4v) is 2.51. The standard InChI is InChI=1S/C15H19FN2O2/c16-13-3-1-11(2-4-13)9-14(19)10-18-7-5-12(6-8-18)15(17)20/h1-4,12H,5-10H2,(H2,17,20). The maximum atomic E-state index is 12.8. The molecule has 1 fully saturated rings. The van der Waals surface area contributed by atoms with Crippen LogP contribution in [0.1, 0.15) is 18.4 Å². The van der Waals surface area contributed by atoms with Crippen LogP contribution in [-0.2, 0) is 16.0 Å². The van der Waals surface area contributed by atoms with Gasteiger partial charge in [0.1, 0.15) is 5.82 Å². The number of Topliss-reactive ketones (excluding diaryl/α,β-unsaturated/α-hetero) is 1. The highest BCUT2D eigenvalue weighted by atomic mass is 19.1. The number of likely N-dealkylation sites (tertiary alicyclic amines) is 1. The van der Waals surface area contributed by atoms with Gasteiger partial charge in [0.05, 0.1) is 6.54 Å². The van der Waals surface area contributed by atoms with E-state index in [2.05, 4.69) is 0 Å². The third kappa shape index (κ3) is 4.13. The predicted molar refractivity (Wildman–Crippen MR) is 73.5 cm³/mol. The van der Waals surface area contributed by atoms with Gasteiger partial charge >= 0.3 is 0 Å². The molecule has 0 saturated carbocycles. The maximum Gasteiger partial charge on any atom is 0.220 e. The highest BCUT2D eigenvalue weighted by Crippen LogP contribution is 2.16. The Morgan fingerprint density at radius 1 is 1.20 bits per heavy atom. The second-order valence-corrected chi connectivity index (χ2v) is 5.29. The third-order valence-electron chi connectivity index (χ3n) is 3.70. The highest BCUT2D eigenvalue weighted by Gasteiger charge is 2.24. The molecule has 0 aliphatic carbocycles. The summed E-state index contributed by atoms with van der Waals surface area (Å²) in [5, 5.41) is 0. The molecule has 20 heavy (non-hydrogen) atoms. The monoisotopic (exact) mass is 278 g/mol. The van der Waals surface area contributed by atoms with E-state index >= 15 is 0 Å². The lowest BCUT2D eigenvalue weighted by molar-refractivity contribution is -0.123. The Balaban J connectivity index is 1.78. The Kier molecular flexibility index (Phi) is 4.84. The summed E-state index contributed by atoms with van der Waals surface area (Å²) < 4.78 is 12.8. The van der Waals surface area contributed by atoms with Crippen LogP contribution in [0, 0.1) is 11.7 Å². The van der Waals surface area contributed by atoms with E-state index in [0.29, 0.717) is 13.0 Å². The van der Waals surface area contributed by atoms with E-state index in [1.54, 1.807) is 12.1 Å². The number of hydrogen-bond acceptors (Lipinski definition) is 3. The number of ketones is 1. The molecule has 1 amide bonds. The first-order chi connectivity index (χ1) is 9.54. The summed E-state index contributed by atoms with van der Waals surface area (Å²) in [5.74, 6) is -0.496. The van der Waals surface area contributed by atoms with Crippen molar-refractivity contribution in [2.75, 3.05) is 19.6 Å². The number of carbonyl (C=O) groups is 2. The summed E-state index contributed by atoms with van der Waals surface area (Å²) in [6.07, 6.45) is 1.76. The van der Waals surface area contributed by atoms with E-state index in [9.17, 15) is 14.0 Å². The van der Waals surface area contributed by atoms with Crippen LogP contribution >= 0.6 is 0 Å². The molecule has 2 N–H and O–H groups in total. The topological polar surface area (TPSA) is 63.4 Å². The zero-order valence-corrected chi connectivity index (χ0v) is 11.3. The average Bonchev–Trinajstić information content (AvgIpc) is 2.42. The molecule has 0 radical (unpaired) electrons. The molecule has 0 bridgehead atoms. The minimum atomic E-state index is -0.297. The van der Waals surface area contributed by atoms with Crippen LogP contribution in [0.5, 0.6) is 0 Å². The lowest BCUT2D eigenvalue weighted by Gasteiger charge is -2.29. The first-order valence-corrected chi connectivity index (χ1v) is 6.82. The number of carbonyl (C=O) groups excluding carboxylic acids is 2. The maximum absolute atomic E-state index is 12.8. The summed E-state index contributed by atoms with van der Waals surface area (Å²) >= 11 is 0. The number of halogens is 1. The lowest BCUT2D eigenvalue weighted by atomic mass is 9.96. The predicted octanol–water partition coefficient (Wildman–Crippen LogP) is 1.13. The summed E-state index contributed by atoms with van der Waals surface area (Å²) in [6.45, 7) is 1.83. The first kappa shape index (κ1) is 14.7. The van der Waals surface area contributed by atoms with E-state index in [-0.39, 0.29) is 23.4 Å². The molecule has 1 saturated heterocycles. The number of nitrogens with zero attached hydrogens (tertiary/aromatic N) is 1. The van der Waals surface area contributed by atoms with Gasteiger partial charge in [-0.15, -0.1) is 0 Å². The van der Waals surface area contributed by atoms with Crippen molar-refractivity contribution in [2.45, 2.75) is 19.3 Å². The van der Waals surface area contributed by atoms with E-state index < -0.39 is 0 Å². The minimum Gasteiger partial charge on any atom is -0.369 e. The van der Waals surface area contributed by atoms with Gasteiger partial charge < -0.3 is 5.73 Å². The zero-order valence-electron chi connectivity index (χ0n) is 11.3. The molecule has 2 rings (SSSR count). The van der Waals surface area contributed by atoms with Gasteiger partial charge in [0.15, 0.2) is 5.78 Å². The van der Waals surface area contributed by atoms with Crippen molar-refractivity contribution in [1.29, 1.82) is 0 Å². The van der Waals surface area contributed by atoms with E-state index in [1.807, 2.05) is 4.90 Å². The number of primary amides is 1. The lowest BCUT2D eigenvalue weighted by Crippen LogP contribution is -2.41. The SMILES string of the molecule is NC(=O)C1CCN(CC(=O)Cc2ccc(F)cc2)CC1. The Morgan fingerprint density at radius 3 is 2.35 bits per heavy atom. The molecule has 1 aliphatic heterocycles. The largest absolute Gasteiger partial charge is 0.369 e. The van der Waals surface area contributed by atoms with E-state index in [4.69, 9.17) is 5.73 Å². The molecule has 0 atom stereocenters. The molecular formula is C15H19FN2O2. The molecule has 1 heterocycles. The summed E-state index contributed by atoms with van der Waals surface area (Å²) in [5.41, 5.74) is 6.10. The van der Waals surface area contributed by atoms with Crippen LogP contribution < -0.4 is 5.73 Å². The van der Waals surface area contributed by atoms with Crippen LogP contribution in [0.3, 0.4) is 0 Å². The van der Waals surface area contributed by atoms with Gasteiger partial charge in [-0.25, -0.2) is 4.39 Å². The number of hydrogen-bond donors (Lipinski definition) is 1. The normalized spacial score (nSPS) is 17.1. The fraction of sp³-hybridized carbons (Fsp3) is 0.467. The molecule has 0 unspecified atom stereocenters. The summed E-state index contributed by atoms with van der Waals surface area (Å²) in [4.78, 5) is 25.1. The molecule has 4 nitrogen and oxygen atoms in total. The Labute approximate surface area is 117 Å². The van der Waals surface area contributed by atoms with Gasteiger partial charge in [0, 0.05) is 12.3 Å². The molecule has 1 aromatic rings. The van der Waals surface area contributed by atoms with Crippen LogP contribution in [0.2, 0.25) is 0 Å². The van der Waals surface area contributed by atoms with Crippen LogP contribution in [0.15, 0.2) is 24.3 Å². The molecule has 1 aromatic carbocycles. The van der Waals surface area contributed by atoms with Crippen molar-refractivity contribution in [3.05, 3.63) is 35.6 Å². The summed E-state index contributed by atoms with van der Waals surface area (Å²) in [6, 6.07) is 5.99. The third-order valence-corrected chi connectivity index (χ3v) is 3.70. The Hall–Kier alpha value is -1.75. The van der Waals surface area contributed by atoms with Crippen LogP contribution in [0.25, 0.3) is 0 Å². The quantitative estimate of drug-likeness (QED) is 0.878. The second-order valence-electron chi connectivity index (χ2n) is 5.29. The van der Waals surface area contributed by atoms with Crippen LogP contribution in [0.4, 0.5) is 4.39 Å². The van der Waals surface area contributed by atoms with Gasteiger partial charge in [-0.2, -0.15) is 0 Å². The molecule has 0 aromatic heterocycles. The van der Waals surface area contributed by atoms with Gasteiger partial charge in [-0.3, -0.25) is 14.5 Å². The van der Waals surface area contributed by atoms with Gasteiger partial charge in [0.25, 0.3) is 0 Å². The molecule has 0 spiro atoms. The number of nitrogens with two attached hydrogens (primary N) is 1. The number of rotatable bonds is 5. The van der Waals surface area contributed by atoms with Crippen molar-refractivity contribution < 1.29 is 14.0 Å². The smallest absolute Gasteiger partial charge is 0.220 e. The van der Waals surface area contributed by atoms with Crippen molar-refractivity contribution in [1.82, 2.24) is 4.90 Å². The fourth-order valence-electron chi connectivity index (χ4n) is 2.51. The molecular weight excluding hydrogens is 259 g/mol. The highest BCUT2D eigenvalue weighted by molar-refractivity contribution is 5.82. The van der Waals surface area contributed by atoms with Gasteiger partial charge in [-0.1, -0.05) is 12.1 Å². The van der Waals surface area contributed by atoms with Crippen molar-refractivity contribution in [3.8, 4) is 0 Å². The average molecular weight is 278 g/mol. The minimum absolute atomic E-state index is 0.0570. The van der Waals surface area contributed by atoms with Crippen molar-refractivity contribution >= 4 is 11.7 Å². The van der Waals surface area contributed by atoms with E-state index in [1.165, 1.54) is 12.1 Å². The Bertz CT molecular complexity index is 479. The number of benzene rings is 1. The van der Waals surface area contributed by atoms with Gasteiger partial charge in [-0.05, 0) is 43.6 Å². The molecule has 1 aliphatic rings. The van der Waals surface area contributed by atoms with E-state index in [0.717, 1.165) is 31.5 Å². The molecule has 108 valence electrons. The summed E-state index contributed by atoms with van der Waals surface area (Å²) in [7, 11) is 0. The zero-order chi connectivity index (χ0) is 14.5. The van der Waals surface area contributed by atoms with Crippen LogP contribution in [-0.4, -0.2) is 36.2 Å². The van der Waals surface area contributed by atoms with Crippen molar-refractivity contribution in [3.63, 3.8) is 0 Å². The van der Waals surface area contributed by atoms with Crippen molar-refractivity contribution in [2.24, 2.45) is 11.7 Å².